The van der Waals surface area contributed by atoms with Gasteiger partial charge in [0.2, 0.25) is 0 Å². The number of hydrogen-bond donors (Lipinski definition) is 1. The Kier molecular flexibility index (Phi) is 4.05. The van der Waals surface area contributed by atoms with Gasteiger partial charge in [-0.25, -0.2) is 0 Å². The van der Waals surface area contributed by atoms with Crippen molar-refractivity contribution in [3.8, 4) is 0 Å². The molecule has 2 N–H and O–H groups in total. The summed E-state index contributed by atoms with van der Waals surface area (Å²) in [5.74, 6) is 0. The van der Waals surface area contributed by atoms with E-state index in [4.69, 9.17) is 15.0 Å². The van der Waals surface area contributed by atoms with Crippen molar-refractivity contribution in [1.29, 1.82) is 0 Å². The molecular weight excluding hydrogens is 251 g/mol. The van der Waals surface area contributed by atoms with Gasteiger partial charge in [0.05, 0.1) is 11.2 Å². The van der Waals surface area contributed by atoms with Crippen LogP contribution < -0.4 is 5.73 Å². The van der Waals surface area contributed by atoms with Gasteiger partial charge in [-0.15, -0.1) is 0 Å². The summed E-state index contributed by atoms with van der Waals surface area (Å²) in [5.41, 5.74) is 8.31. The van der Waals surface area contributed by atoms with E-state index in [0.717, 1.165) is 16.6 Å². The first kappa shape index (κ1) is 15.2. The maximum absolute atomic E-state index is 6.04. The van der Waals surface area contributed by atoms with Gasteiger partial charge in [-0.05, 0) is 57.3 Å². The van der Waals surface area contributed by atoms with Crippen molar-refractivity contribution in [2.24, 2.45) is 5.73 Å². The van der Waals surface area contributed by atoms with E-state index in [0.29, 0.717) is 6.54 Å². The third kappa shape index (κ3) is 2.80. The average Bonchev–Trinajstić information content (AvgIpc) is 2.57. The summed E-state index contributed by atoms with van der Waals surface area (Å²) >= 11 is 0. The lowest BCUT2D eigenvalue weighted by molar-refractivity contribution is 0.00578. The number of hydrogen-bond acceptors (Lipinski definition) is 4. The van der Waals surface area contributed by atoms with Crippen LogP contribution in [0.3, 0.4) is 0 Å². The fourth-order valence-electron chi connectivity index (χ4n) is 2.04. The maximum Gasteiger partial charge on any atom is 0.491 e. The largest absolute Gasteiger partial charge is 0.491 e. The van der Waals surface area contributed by atoms with Crippen LogP contribution in [0.25, 0.3) is 6.08 Å². The van der Waals surface area contributed by atoms with Crippen LogP contribution in [-0.2, 0) is 9.31 Å². The topological polar surface area (TPSA) is 57.4 Å². The Bertz CT molecular complexity index is 510. The van der Waals surface area contributed by atoms with Gasteiger partial charge in [0.15, 0.2) is 0 Å². The molecule has 2 heterocycles. The van der Waals surface area contributed by atoms with E-state index < -0.39 is 7.12 Å². The van der Waals surface area contributed by atoms with E-state index in [1.54, 1.807) is 6.20 Å². The van der Waals surface area contributed by atoms with Crippen LogP contribution >= 0.6 is 0 Å². The molecule has 1 aromatic rings. The van der Waals surface area contributed by atoms with Crippen LogP contribution in [0.1, 0.15) is 38.8 Å². The van der Waals surface area contributed by atoms with Gasteiger partial charge in [0.1, 0.15) is 0 Å². The smallest absolute Gasteiger partial charge is 0.400 e. The highest BCUT2D eigenvalue weighted by Gasteiger charge is 2.52. The molecular formula is C15H23BN2O2. The molecule has 0 radical (unpaired) electrons. The Morgan fingerprint density at radius 2 is 1.90 bits per heavy atom. The maximum atomic E-state index is 6.04. The van der Waals surface area contributed by atoms with Crippen LogP contribution in [0.5, 0.6) is 0 Å². The molecule has 0 spiro atoms. The van der Waals surface area contributed by atoms with Gasteiger partial charge in [-0.2, -0.15) is 0 Å². The summed E-state index contributed by atoms with van der Waals surface area (Å²) < 4.78 is 12.1. The monoisotopic (exact) mass is 274 g/mol. The normalized spacial score (nSPS) is 21.3. The van der Waals surface area contributed by atoms with Crippen molar-refractivity contribution in [1.82, 2.24) is 4.98 Å². The van der Waals surface area contributed by atoms with E-state index in [-0.39, 0.29) is 11.2 Å². The average molecular weight is 274 g/mol. The molecule has 1 aromatic heterocycles. The number of rotatable bonds is 3. The molecule has 2 rings (SSSR count). The summed E-state index contributed by atoms with van der Waals surface area (Å²) in [7, 11) is -0.399. The van der Waals surface area contributed by atoms with Gasteiger partial charge in [-0.3, -0.25) is 4.98 Å². The van der Waals surface area contributed by atoms with Crippen molar-refractivity contribution < 1.29 is 9.31 Å². The number of aryl methyl sites for hydroxylation is 1. The van der Waals surface area contributed by atoms with Gasteiger partial charge in [-0.1, -0.05) is 6.08 Å². The summed E-state index contributed by atoms with van der Waals surface area (Å²) in [6.07, 6.45) is 5.63. The van der Waals surface area contributed by atoms with Gasteiger partial charge in [0.25, 0.3) is 0 Å². The van der Waals surface area contributed by atoms with Crippen LogP contribution in [0.2, 0.25) is 0 Å². The van der Waals surface area contributed by atoms with Crippen molar-refractivity contribution in [3.05, 3.63) is 35.1 Å². The van der Waals surface area contributed by atoms with Crippen LogP contribution in [0, 0.1) is 6.92 Å². The van der Waals surface area contributed by atoms with E-state index in [1.807, 2.05) is 53.0 Å². The molecule has 1 aliphatic rings. The fraction of sp³-hybridized carbons (Fsp3) is 0.533. The minimum absolute atomic E-state index is 0.351. The second-order valence-corrected chi connectivity index (χ2v) is 6.24. The second-order valence-electron chi connectivity index (χ2n) is 6.24. The molecule has 0 aliphatic carbocycles. The minimum atomic E-state index is -0.399. The molecule has 1 saturated heterocycles. The van der Waals surface area contributed by atoms with Crippen molar-refractivity contribution in [2.75, 3.05) is 6.54 Å². The summed E-state index contributed by atoms with van der Waals surface area (Å²) in [5, 5.41) is 0. The molecule has 0 unspecified atom stereocenters. The SMILES string of the molecule is Cc1ccncc1C=C(CN)B1OC(C)(C)C(C)(C)O1. The molecule has 20 heavy (non-hydrogen) atoms. The molecule has 108 valence electrons. The first-order valence-electron chi connectivity index (χ1n) is 6.93. The Morgan fingerprint density at radius 1 is 1.30 bits per heavy atom. The Balaban J connectivity index is 2.29. The molecule has 1 aliphatic heterocycles. The van der Waals surface area contributed by atoms with Crippen LogP contribution in [0.4, 0.5) is 0 Å². The number of pyridine rings is 1. The molecule has 0 saturated carbocycles. The Morgan fingerprint density at radius 3 is 2.40 bits per heavy atom. The first-order chi connectivity index (χ1) is 9.27. The predicted octanol–water partition coefficient (Wildman–Crippen LogP) is 2.36. The second kappa shape index (κ2) is 5.32. The lowest BCUT2D eigenvalue weighted by atomic mass is 9.77. The predicted molar refractivity (Wildman–Crippen MR) is 82.1 cm³/mol. The van der Waals surface area contributed by atoms with E-state index >= 15 is 0 Å². The number of nitrogens with zero attached hydrogens (tertiary/aromatic N) is 1. The van der Waals surface area contributed by atoms with Crippen molar-refractivity contribution >= 4 is 13.2 Å². The number of nitrogens with two attached hydrogens (primary N) is 1. The summed E-state index contributed by atoms with van der Waals surface area (Å²) in [4.78, 5) is 4.15. The molecule has 1 fully saturated rings. The molecule has 0 aromatic carbocycles. The molecule has 4 nitrogen and oxygen atoms in total. The highest BCUT2D eigenvalue weighted by molar-refractivity contribution is 6.55. The fourth-order valence-corrected chi connectivity index (χ4v) is 2.04. The number of aromatic nitrogens is 1. The standard InChI is InChI=1S/C15H23BN2O2/c1-11-6-7-18-10-12(11)8-13(9-17)16-19-14(2,3)15(4,5)20-16/h6-8,10H,9,17H2,1-5H3. The van der Waals surface area contributed by atoms with E-state index in [2.05, 4.69) is 4.98 Å². The molecule has 5 heteroatoms. The summed E-state index contributed by atoms with van der Waals surface area (Å²) in [6.45, 7) is 10.6. The zero-order valence-corrected chi connectivity index (χ0v) is 12.9. The highest BCUT2D eigenvalue weighted by atomic mass is 16.7. The van der Waals surface area contributed by atoms with Crippen molar-refractivity contribution in [3.63, 3.8) is 0 Å². The molecule has 0 bridgehead atoms. The van der Waals surface area contributed by atoms with E-state index in [9.17, 15) is 0 Å². The van der Waals surface area contributed by atoms with Crippen LogP contribution in [0.15, 0.2) is 23.9 Å². The highest BCUT2D eigenvalue weighted by Crippen LogP contribution is 2.38. The summed E-state index contributed by atoms with van der Waals surface area (Å²) in [6, 6.07) is 1.98. The minimum Gasteiger partial charge on any atom is -0.400 e. The van der Waals surface area contributed by atoms with Crippen LogP contribution in [-0.4, -0.2) is 29.8 Å². The van der Waals surface area contributed by atoms with Gasteiger partial charge < -0.3 is 15.0 Å². The third-order valence-corrected chi connectivity index (χ3v) is 4.21. The van der Waals surface area contributed by atoms with Gasteiger partial charge >= 0.3 is 7.12 Å². The van der Waals surface area contributed by atoms with Gasteiger partial charge in [0, 0.05) is 18.9 Å². The van der Waals surface area contributed by atoms with E-state index in [1.165, 1.54) is 0 Å². The quantitative estimate of drug-likeness (QED) is 0.860. The lowest BCUT2D eigenvalue weighted by Gasteiger charge is -2.32. The zero-order chi connectivity index (χ0) is 15.0. The lowest BCUT2D eigenvalue weighted by Crippen LogP contribution is -2.41. The first-order valence-corrected chi connectivity index (χ1v) is 6.93. The Hall–Kier alpha value is -1.17. The van der Waals surface area contributed by atoms with Crippen molar-refractivity contribution in [2.45, 2.75) is 45.8 Å². The molecule has 0 atom stereocenters. The zero-order valence-electron chi connectivity index (χ0n) is 12.9. The third-order valence-electron chi connectivity index (χ3n) is 4.21. The Labute approximate surface area is 121 Å². The molecule has 0 amide bonds.